The molecule has 1 heterocycles. The molecule has 4 rings (SSSR count). The maximum Gasteiger partial charge on any atom is 0.339 e. The first-order chi connectivity index (χ1) is 15.0. The number of halogens is 1. The number of rotatable bonds is 5. The van der Waals surface area contributed by atoms with Gasteiger partial charge in [-0.25, -0.2) is 9.78 Å². The molecule has 0 atom stereocenters. The lowest BCUT2D eigenvalue weighted by molar-refractivity contribution is -0.119. The Morgan fingerprint density at radius 3 is 2.52 bits per heavy atom. The standard InChI is InChI=1S/C25H19ClN2O3/c1-16-11-12-18(26)13-22(16)28-24(29)15-31-25(30)20-14-23(17-7-3-2-4-8-17)27-21-10-6-5-9-19(20)21/h2-14H,15H2,1H3,(H,28,29). The molecule has 31 heavy (non-hydrogen) atoms. The molecule has 1 aromatic heterocycles. The van der Waals surface area contributed by atoms with Crippen LogP contribution in [0.5, 0.6) is 0 Å². The maximum absolute atomic E-state index is 12.9. The Hall–Kier alpha value is -3.70. The molecule has 3 aromatic carbocycles. The summed E-state index contributed by atoms with van der Waals surface area (Å²) >= 11 is 5.99. The van der Waals surface area contributed by atoms with Gasteiger partial charge in [0.15, 0.2) is 6.61 Å². The fraction of sp³-hybridized carbons (Fsp3) is 0.0800. The lowest BCUT2D eigenvalue weighted by atomic mass is 10.0. The minimum Gasteiger partial charge on any atom is -0.452 e. The van der Waals surface area contributed by atoms with E-state index < -0.39 is 18.5 Å². The summed E-state index contributed by atoms with van der Waals surface area (Å²) in [5, 5.41) is 3.89. The number of hydrogen-bond acceptors (Lipinski definition) is 4. The number of aryl methyl sites for hydroxylation is 1. The van der Waals surface area contributed by atoms with E-state index >= 15 is 0 Å². The van der Waals surface area contributed by atoms with Crippen molar-refractivity contribution in [3.05, 3.63) is 95.0 Å². The summed E-state index contributed by atoms with van der Waals surface area (Å²) in [5.41, 5.74) is 4.01. The molecule has 154 valence electrons. The van der Waals surface area contributed by atoms with Crippen LogP contribution in [-0.4, -0.2) is 23.5 Å². The van der Waals surface area contributed by atoms with Crippen LogP contribution >= 0.6 is 11.6 Å². The van der Waals surface area contributed by atoms with Crippen LogP contribution in [0.2, 0.25) is 5.02 Å². The molecule has 0 unspecified atom stereocenters. The van der Waals surface area contributed by atoms with E-state index in [-0.39, 0.29) is 0 Å². The number of benzene rings is 3. The van der Waals surface area contributed by atoms with Gasteiger partial charge < -0.3 is 10.1 Å². The minimum absolute atomic E-state index is 0.358. The number of pyridine rings is 1. The third-order valence-electron chi connectivity index (χ3n) is 4.81. The zero-order valence-electron chi connectivity index (χ0n) is 16.8. The fourth-order valence-corrected chi connectivity index (χ4v) is 3.40. The predicted molar refractivity (Wildman–Crippen MR) is 122 cm³/mol. The first-order valence-electron chi connectivity index (χ1n) is 9.69. The lowest BCUT2D eigenvalue weighted by Crippen LogP contribution is -2.21. The number of ether oxygens (including phenoxy) is 1. The van der Waals surface area contributed by atoms with Crippen molar-refractivity contribution in [3.8, 4) is 11.3 Å². The molecule has 0 aliphatic heterocycles. The zero-order chi connectivity index (χ0) is 21.8. The summed E-state index contributed by atoms with van der Waals surface area (Å²) in [6.07, 6.45) is 0. The molecule has 0 aliphatic carbocycles. The Morgan fingerprint density at radius 1 is 0.968 bits per heavy atom. The van der Waals surface area contributed by atoms with Crippen LogP contribution < -0.4 is 5.32 Å². The number of para-hydroxylation sites is 1. The highest BCUT2D eigenvalue weighted by Crippen LogP contribution is 2.25. The Labute approximate surface area is 184 Å². The highest BCUT2D eigenvalue weighted by molar-refractivity contribution is 6.31. The smallest absolute Gasteiger partial charge is 0.339 e. The zero-order valence-corrected chi connectivity index (χ0v) is 17.5. The van der Waals surface area contributed by atoms with Crippen molar-refractivity contribution in [1.82, 2.24) is 4.98 Å². The van der Waals surface area contributed by atoms with Crippen LogP contribution in [0.4, 0.5) is 5.69 Å². The second-order valence-electron chi connectivity index (χ2n) is 7.02. The SMILES string of the molecule is Cc1ccc(Cl)cc1NC(=O)COC(=O)c1cc(-c2ccccc2)nc2ccccc12. The van der Waals surface area contributed by atoms with E-state index in [0.717, 1.165) is 11.1 Å². The van der Waals surface area contributed by atoms with Gasteiger partial charge >= 0.3 is 5.97 Å². The first-order valence-corrected chi connectivity index (χ1v) is 10.1. The number of amides is 1. The van der Waals surface area contributed by atoms with Gasteiger partial charge in [0.25, 0.3) is 5.91 Å². The Bertz CT molecular complexity index is 1270. The largest absolute Gasteiger partial charge is 0.452 e. The van der Waals surface area contributed by atoms with Crippen molar-refractivity contribution in [1.29, 1.82) is 0 Å². The van der Waals surface area contributed by atoms with Crippen LogP contribution in [0.15, 0.2) is 78.9 Å². The Kier molecular flexibility index (Phi) is 5.96. The fourth-order valence-electron chi connectivity index (χ4n) is 3.23. The molecule has 0 radical (unpaired) electrons. The first kappa shape index (κ1) is 20.6. The van der Waals surface area contributed by atoms with E-state index in [1.165, 1.54) is 0 Å². The molecule has 0 spiro atoms. The molecule has 6 heteroatoms. The summed E-state index contributed by atoms with van der Waals surface area (Å²) in [4.78, 5) is 29.8. The van der Waals surface area contributed by atoms with E-state index in [0.29, 0.717) is 32.9 Å². The highest BCUT2D eigenvalue weighted by Gasteiger charge is 2.17. The number of hydrogen-bond donors (Lipinski definition) is 1. The summed E-state index contributed by atoms with van der Waals surface area (Å²) in [7, 11) is 0. The van der Waals surface area contributed by atoms with Crippen molar-refractivity contribution in [2.75, 3.05) is 11.9 Å². The number of anilines is 1. The minimum atomic E-state index is -0.589. The summed E-state index contributed by atoms with van der Waals surface area (Å²) in [6.45, 7) is 1.44. The topological polar surface area (TPSA) is 68.3 Å². The number of nitrogens with zero attached hydrogens (tertiary/aromatic N) is 1. The van der Waals surface area contributed by atoms with Gasteiger partial charge in [0.05, 0.1) is 16.8 Å². The molecular weight excluding hydrogens is 412 g/mol. The van der Waals surface area contributed by atoms with E-state index in [1.807, 2.05) is 61.5 Å². The molecule has 1 N–H and O–H groups in total. The van der Waals surface area contributed by atoms with Gasteiger partial charge in [0, 0.05) is 21.7 Å². The Morgan fingerprint density at radius 2 is 1.71 bits per heavy atom. The molecule has 0 aliphatic rings. The van der Waals surface area contributed by atoms with Gasteiger partial charge in [0.2, 0.25) is 0 Å². The van der Waals surface area contributed by atoms with Crippen molar-refractivity contribution >= 4 is 40.1 Å². The van der Waals surface area contributed by atoms with Crippen molar-refractivity contribution < 1.29 is 14.3 Å². The second kappa shape index (κ2) is 8.98. The van der Waals surface area contributed by atoms with Crippen LogP contribution in [0, 0.1) is 6.92 Å². The monoisotopic (exact) mass is 430 g/mol. The average molecular weight is 431 g/mol. The molecule has 0 saturated carbocycles. The molecule has 1 amide bonds. The maximum atomic E-state index is 12.9. The van der Waals surface area contributed by atoms with Gasteiger partial charge in [-0.3, -0.25) is 4.79 Å². The number of carbonyl (C=O) groups is 2. The molecule has 0 saturated heterocycles. The van der Waals surface area contributed by atoms with Crippen molar-refractivity contribution in [2.24, 2.45) is 0 Å². The van der Waals surface area contributed by atoms with Crippen LogP contribution in [0.25, 0.3) is 22.2 Å². The van der Waals surface area contributed by atoms with Gasteiger partial charge in [-0.2, -0.15) is 0 Å². The van der Waals surface area contributed by atoms with E-state index in [9.17, 15) is 9.59 Å². The van der Waals surface area contributed by atoms with E-state index in [2.05, 4.69) is 10.3 Å². The lowest BCUT2D eigenvalue weighted by Gasteiger charge is -2.11. The summed E-state index contributed by atoms with van der Waals surface area (Å²) in [5.74, 6) is -1.03. The number of carbonyl (C=O) groups excluding carboxylic acids is 2. The van der Waals surface area contributed by atoms with Crippen molar-refractivity contribution in [2.45, 2.75) is 6.92 Å². The van der Waals surface area contributed by atoms with Crippen LogP contribution in [0.1, 0.15) is 15.9 Å². The number of aromatic nitrogens is 1. The van der Waals surface area contributed by atoms with Crippen molar-refractivity contribution in [3.63, 3.8) is 0 Å². The summed E-state index contributed by atoms with van der Waals surface area (Å²) < 4.78 is 5.32. The molecule has 0 bridgehead atoms. The van der Waals surface area contributed by atoms with Gasteiger partial charge in [-0.05, 0) is 36.8 Å². The molecule has 4 aromatic rings. The van der Waals surface area contributed by atoms with Crippen LogP contribution in [0.3, 0.4) is 0 Å². The van der Waals surface area contributed by atoms with E-state index in [4.69, 9.17) is 16.3 Å². The van der Waals surface area contributed by atoms with E-state index in [1.54, 1.807) is 24.3 Å². The molecule has 5 nitrogen and oxygen atoms in total. The van der Waals surface area contributed by atoms with Gasteiger partial charge in [-0.1, -0.05) is 66.2 Å². The normalized spacial score (nSPS) is 10.6. The second-order valence-corrected chi connectivity index (χ2v) is 7.46. The third-order valence-corrected chi connectivity index (χ3v) is 5.05. The molecular formula is C25H19ClN2O3. The number of esters is 1. The third kappa shape index (κ3) is 4.73. The predicted octanol–water partition coefficient (Wildman–Crippen LogP) is 5.66. The number of fused-ring (bicyclic) bond motifs is 1. The quantitative estimate of drug-likeness (QED) is 0.415. The van der Waals surface area contributed by atoms with Gasteiger partial charge in [-0.15, -0.1) is 0 Å². The highest BCUT2D eigenvalue weighted by atomic mass is 35.5. The number of nitrogens with one attached hydrogen (secondary N) is 1. The molecule has 0 fully saturated rings. The van der Waals surface area contributed by atoms with Gasteiger partial charge in [0.1, 0.15) is 0 Å². The Balaban J connectivity index is 1.56. The summed E-state index contributed by atoms with van der Waals surface area (Å²) in [6, 6.07) is 23.8. The van der Waals surface area contributed by atoms with Crippen LogP contribution in [-0.2, 0) is 9.53 Å². The average Bonchev–Trinajstić information content (AvgIpc) is 2.79.